The van der Waals surface area contributed by atoms with E-state index in [-0.39, 0.29) is 28.2 Å². The van der Waals surface area contributed by atoms with Gasteiger partial charge in [-0.25, -0.2) is 22.3 Å². The molecular weight excluding hydrogens is 390 g/mol. The molecule has 1 aromatic heterocycles. The van der Waals surface area contributed by atoms with Gasteiger partial charge in [0.25, 0.3) is 10.0 Å². The summed E-state index contributed by atoms with van der Waals surface area (Å²) in [7, 11) is 0.477. The molecule has 1 aromatic carbocycles. The molecule has 0 fully saturated rings. The molecule has 0 aliphatic rings. The minimum atomic E-state index is -4.36. The number of aromatic nitrogens is 3. The summed E-state index contributed by atoms with van der Waals surface area (Å²) >= 11 is 0. The zero-order valence-corrected chi connectivity index (χ0v) is 16.7. The first-order valence-electron chi connectivity index (χ1n) is 7.84. The number of amides is 2. The monoisotopic (exact) mass is 409 g/mol. The van der Waals surface area contributed by atoms with E-state index in [1.807, 2.05) is 0 Å². The standard InChI is InChI=1S/C16H19N5O6S/c1-10-17-14(19-15(18-10)27-5)20(2)16(23)21(3)28(24,25)12-9-7-6-8-11(12)13(22)26-4/h6-9H,1-5H3. The van der Waals surface area contributed by atoms with Crippen LogP contribution in [0.15, 0.2) is 29.2 Å². The Labute approximate surface area is 162 Å². The fourth-order valence-corrected chi connectivity index (χ4v) is 3.51. The number of sulfonamides is 1. The maximum atomic E-state index is 12.9. The first-order valence-corrected chi connectivity index (χ1v) is 9.28. The highest BCUT2D eigenvalue weighted by Crippen LogP contribution is 2.22. The number of hydrogen-bond donors (Lipinski definition) is 0. The zero-order chi connectivity index (χ0) is 21.1. The molecule has 2 amide bonds. The number of benzene rings is 1. The minimum Gasteiger partial charge on any atom is -0.467 e. The van der Waals surface area contributed by atoms with E-state index in [2.05, 4.69) is 19.7 Å². The summed E-state index contributed by atoms with van der Waals surface area (Å²) in [5, 5.41) is 0. The number of aryl methyl sites for hydroxylation is 1. The Morgan fingerprint density at radius 3 is 2.29 bits per heavy atom. The number of hydrogen-bond acceptors (Lipinski definition) is 9. The highest BCUT2D eigenvalue weighted by Gasteiger charge is 2.33. The Hall–Kier alpha value is -3.28. The Morgan fingerprint density at radius 1 is 1.04 bits per heavy atom. The van der Waals surface area contributed by atoms with E-state index in [9.17, 15) is 18.0 Å². The van der Waals surface area contributed by atoms with Crippen LogP contribution < -0.4 is 9.64 Å². The van der Waals surface area contributed by atoms with Gasteiger partial charge in [0, 0.05) is 14.1 Å². The summed E-state index contributed by atoms with van der Waals surface area (Å²) in [6.45, 7) is 1.57. The van der Waals surface area contributed by atoms with Crippen molar-refractivity contribution in [3.05, 3.63) is 35.7 Å². The van der Waals surface area contributed by atoms with Gasteiger partial charge >= 0.3 is 18.0 Å². The molecule has 2 rings (SSSR count). The topological polar surface area (TPSA) is 132 Å². The van der Waals surface area contributed by atoms with Crippen molar-refractivity contribution in [3.8, 4) is 6.01 Å². The molecule has 12 heteroatoms. The Kier molecular flexibility index (Phi) is 6.13. The van der Waals surface area contributed by atoms with Crippen LogP contribution in [-0.4, -0.2) is 68.0 Å². The van der Waals surface area contributed by atoms with Gasteiger partial charge in [-0.1, -0.05) is 12.1 Å². The highest BCUT2D eigenvalue weighted by atomic mass is 32.2. The van der Waals surface area contributed by atoms with E-state index in [1.54, 1.807) is 6.92 Å². The fourth-order valence-electron chi connectivity index (χ4n) is 2.20. The minimum absolute atomic E-state index is 0.0244. The van der Waals surface area contributed by atoms with Crippen molar-refractivity contribution in [1.29, 1.82) is 0 Å². The third-order valence-electron chi connectivity index (χ3n) is 3.68. The average Bonchev–Trinajstić information content (AvgIpc) is 2.70. The molecule has 1 heterocycles. The van der Waals surface area contributed by atoms with Gasteiger partial charge < -0.3 is 9.47 Å². The molecule has 150 valence electrons. The summed E-state index contributed by atoms with van der Waals surface area (Å²) in [5.41, 5.74) is -0.190. The number of ether oxygens (including phenoxy) is 2. The molecule has 2 aromatic rings. The summed E-state index contributed by atoms with van der Waals surface area (Å²) in [5.74, 6) is -0.660. The second-order valence-electron chi connectivity index (χ2n) is 5.47. The van der Waals surface area contributed by atoms with Crippen LogP contribution in [0.2, 0.25) is 0 Å². The van der Waals surface area contributed by atoms with Crippen molar-refractivity contribution in [3.63, 3.8) is 0 Å². The normalized spacial score (nSPS) is 10.9. The molecule has 0 radical (unpaired) electrons. The quantitative estimate of drug-likeness (QED) is 0.659. The molecular formula is C16H19N5O6S. The Balaban J connectivity index is 2.42. The second-order valence-corrected chi connectivity index (χ2v) is 7.41. The molecule has 0 N–H and O–H groups in total. The van der Waals surface area contributed by atoms with Crippen molar-refractivity contribution in [2.45, 2.75) is 11.8 Å². The van der Waals surface area contributed by atoms with Crippen LogP contribution in [-0.2, 0) is 14.8 Å². The summed E-state index contributed by atoms with van der Waals surface area (Å²) in [6.07, 6.45) is 0. The molecule has 0 unspecified atom stereocenters. The number of carbonyl (C=O) groups is 2. The van der Waals surface area contributed by atoms with E-state index in [0.29, 0.717) is 4.31 Å². The lowest BCUT2D eigenvalue weighted by atomic mass is 10.2. The van der Waals surface area contributed by atoms with Gasteiger partial charge in [-0.2, -0.15) is 15.0 Å². The number of esters is 1. The maximum absolute atomic E-state index is 12.9. The number of nitrogens with zero attached hydrogens (tertiary/aromatic N) is 5. The van der Waals surface area contributed by atoms with Crippen LogP contribution in [0.3, 0.4) is 0 Å². The molecule has 0 saturated carbocycles. The second kappa shape index (κ2) is 8.17. The predicted octanol–water partition coefficient (Wildman–Crippen LogP) is 0.852. The number of anilines is 1. The fraction of sp³-hybridized carbons (Fsp3) is 0.312. The van der Waals surface area contributed by atoms with Gasteiger partial charge in [0.15, 0.2) is 0 Å². The lowest BCUT2D eigenvalue weighted by Crippen LogP contribution is -2.43. The van der Waals surface area contributed by atoms with Crippen LogP contribution >= 0.6 is 0 Å². The number of urea groups is 1. The van der Waals surface area contributed by atoms with Gasteiger partial charge in [-0.3, -0.25) is 4.90 Å². The number of rotatable bonds is 5. The number of carbonyl (C=O) groups excluding carboxylic acids is 2. The van der Waals surface area contributed by atoms with Crippen molar-refractivity contribution in [1.82, 2.24) is 19.3 Å². The summed E-state index contributed by atoms with van der Waals surface area (Å²) in [4.78, 5) is 37.0. The van der Waals surface area contributed by atoms with Crippen LogP contribution in [0.4, 0.5) is 10.7 Å². The van der Waals surface area contributed by atoms with Crippen LogP contribution in [0.1, 0.15) is 16.2 Å². The highest BCUT2D eigenvalue weighted by molar-refractivity contribution is 7.89. The first kappa shape index (κ1) is 21.0. The van der Waals surface area contributed by atoms with Crippen LogP contribution in [0.25, 0.3) is 0 Å². The third-order valence-corrected chi connectivity index (χ3v) is 5.47. The SMILES string of the molecule is COC(=O)c1ccccc1S(=O)(=O)N(C)C(=O)N(C)c1nc(C)nc(OC)n1. The Morgan fingerprint density at radius 2 is 1.68 bits per heavy atom. The van der Waals surface area contributed by atoms with Gasteiger partial charge in [-0.05, 0) is 19.1 Å². The smallest absolute Gasteiger partial charge is 0.340 e. The average molecular weight is 409 g/mol. The zero-order valence-electron chi connectivity index (χ0n) is 15.9. The lowest BCUT2D eigenvalue weighted by Gasteiger charge is -2.24. The first-order chi connectivity index (χ1) is 13.1. The molecule has 0 saturated heterocycles. The molecule has 0 atom stereocenters. The predicted molar refractivity (Wildman–Crippen MR) is 97.6 cm³/mol. The van der Waals surface area contributed by atoms with Crippen LogP contribution in [0, 0.1) is 6.92 Å². The van der Waals surface area contributed by atoms with E-state index in [0.717, 1.165) is 19.1 Å². The van der Waals surface area contributed by atoms with Gasteiger partial charge in [0.2, 0.25) is 5.95 Å². The molecule has 0 aliphatic heterocycles. The maximum Gasteiger partial charge on any atom is 0.340 e. The van der Waals surface area contributed by atoms with E-state index in [1.165, 1.54) is 38.4 Å². The largest absolute Gasteiger partial charge is 0.467 e. The van der Waals surface area contributed by atoms with Crippen molar-refractivity contribution in [2.75, 3.05) is 33.2 Å². The van der Waals surface area contributed by atoms with E-state index >= 15 is 0 Å². The van der Waals surface area contributed by atoms with Crippen LogP contribution in [0.5, 0.6) is 6.01 Å². The third kappa shape index (κ3) is 4.01. The summed E-state index contributed by atoms with van der Waals surface area (Å²) < 4.78 is 35.9. The Bertz CT molecular complexity index is 1010. The molecule has 0 bridgehead atoms. The van der Waals surface area contributed by atoms with Crippen molar-refractivity contribution in [2.24, 2.45) is 0 Å². The summed E-state index contributed by atoms with van der Waals surface area (Å²) in [6, 6.07) is 4.44. The van der Waals surface area contributed by atoms with Gasteiger partial charge in [-0.15, -0.1) is 0 Å². The van der Waals surface area contributed by atoms with Crippen molar-refractivity contribution >= 4 is 28.0 Å². The van der Waals surface area contributed by atoms with E-state index in [4.69, 9.17) is 4.74 Å². The van der Waals surface area contributed by atoms with Gasteiger partial charge in [0.1, 0.15) is 10.7 Å². The van der Waals surface area contributed by atoms with Crippen molar-refractivity contribution < 1.29 is 27.5 Å². The molecule has 28 heavy (non-hydrogen) atoms. The number of methoxy groups -OCH3 is 2. The van der Waals surface area contributed by atoms with E-state index < -0.39 is 22.0 Å². The molecule has 0 spiro atoms. The molecule has 0 aliphatic carbocycles. The molecule has 11 nitrogen and oxygen atoms in total. The lowest BCUT2D eigenvalue weighted by molar-refractivity contribution is 0.0596. The van der Waals surface area contributed by atoms with Gasteiger partial charge in [0.05, 0.1) is 19.8 Å².